The molecule has 1 rings (SSSR count). The molecule has 2 nitrogen and oxygen atoms in total. The molecule has 0 N–H and O–H groups in total. The van der Waals surface area contributed by atoms with Gasteiger partial charge in [-0.05, 0) is 12.1 Å². The van der Waals surface area contributed by atoms with Gasteiger partial charge < -0.3 is 0 Å². The summed E-state index contributed by atoms with van der Waals surface area (Å²) in [6.45, 7) is 0. The van der Waals surface area contributed by atoms with Crippen LogP contribution in [0.4, 0.5) is 0 Å². The van der Waals surface area contributed by atoms with Crippen LogP contribution in [0.5, 0.6) is 0 Å². The Hall–Kier alpha value is -1.33. The zero-order chi connectivity index (χ0) is 9.68. The molecule has 1 aromatic carbocycles. The lowest BCUT2D eigenvalue weighted by molar-refractivity contribution is 0.0984. The Morgan fingerprint density at radius 3 is 2.92 bits per heavy atom. The number of carbonyl (C=O) groups is 1. The third-order valence-electron chi connectivity index (χ3n) is 1.61. The summed E-state index contributed by atoms with van der Waals surface area (Å²) in [6, 6.07) is 8.68. The van der Waals surface area contributed by atoms with Crippen LogP contribution in [0.15, 0.2) is 24.3 Å². The molecule has 0 aliphatic rings. The van der Waals surface area contributed by atoms with Crippen molar-refractivity contribution in [1.29, 1.82) is 5.26 Å². The van der Waals surface area contributed by atoms with Crippen LogP contribution in [0, 0.1) is 11.3 Å². The fourth-order valence-corrected chi connectivity index (χ4v) is 1.17. The molecule has 3 heteroatoms. The SMILES string of the molecule is N#CCCC(=O)c1cccc(Cl)c1. The van der Waals surface area contributed by atoms with Gasteiger partial charge in [-0.25, -0.2) is 0 Å². The van der Waals surface area contributed by atoms with Crippen molar-refractivity contribution in [2.75, 3.05) is 0 Å². The van der Waals surface area contributed by atoms with Gasteiger partial charge >= 0.3 is 0 Å². The maximum absolute atomic E-state index is 11.3. The van der Waals surface area contributed by atoms with Gasteiger partial charge in [0.25, 0.3) is 0 Å². The molecule has 0 aromatic heterocycles. The van der Waals surface area contributed by atoms with Crippen molar-refractivity contribution in [2.45, 2.75) is 12.8 Å². The maximum Gasteiger partial charge on any atom is 0.163 e. The highest BCUT2D eigenvalue weighted by molar-refractivity contribution is 6.31. The van der Waals surface area contributed by atoms with Gasteiger partial charge in [-0.2, -0.15) is 5.26 Å². The summed E-state index contributed by atoms with van der Waals surface area (Å²) >= 11 is 5.71. The summed E-state index contributed by atoms with van der Waals surface area (Å²) in [5.41, 5.74) is 0.572. The zero-order valence-corrected chi connectivity index (χ0v) is 7.71. The molecule has 0 aliphatic carbocycles. The van der Waals surface area contributed by atoms with Gasteiger partial charge in [0.05, 0.1) is 6.07 Å². The molecule has 66 valence electrons. The minimum atomic E-state index is -0.0379. The van der Waals surface area contributed by atoms with Crippen molar-refractivity contribution in [1.82, 2.24) is 0 Å². The van der Waals surface area contributed by atoms with E-state index in [1.165, 1.54) is 0 Å². The van der Waals surface area contributed by atoms with Gasteiger partial charge in [0.15, 0.2) is 5.78 Å². The number of halogens is 1. The molecule has 0 heterocycles. The first kappa shape index (κ1) is 9.76. The number of carbonyl (C=O) groups excluding carboxylic acids is 1. The molecule has 0 aliphatic heterocycles. The molecule has 0 fully saturated rings. The molecule has 0 spiro atoms. The predicted octanol–water partition coefficient (Wildman–Crippen LogP) is 2.83. The van der Waals surface area contributed by atoms with Gasteiger partial charge in [-0.3, -0.25) is 4.79 Å². The highest BCUT2D eigenvalue weighted by atomic mass is 35.5. The Morgan fingerprint density at radius 1 is 1.54 bits per heavy atom. The van der Waals surface area contributed by atoms with Crippen molar-refractivity contribution in [3.63, 3.8) is 0 Å². The van der Waals surface area contributed by atoms with E-state index in [1.807, 2.05) is 6.07 Å². The zero-order valence-electron chi connectivity index (χ0n) is 6.96. The second-order valence-corrected chi connectivity index (χ2v) is 3.03. The first-order valence-corrected chi connectivity index (χ1v) is 4.27. The van der Waals surface area contributed by atoms with E-state index in [0.717, 1.165) is 0 Å². The minimum Gasteiger partial charge on any atom is -0.294 e. The van der Waals surface area contributed by atoms with E-state index in [4.69, 9.17) is 16.9 Å². The Morgan fingerprint density at radius 2 is 2.31 bits per heavy atom. The van der Waals surface area contributed by atoms with Crippen molar-refractivity contribution in [3.8, 4) is 6.07 Å². The molecular formula is C10H8ClNO. The van der Waals surface area contributed by atoms with Crippen molar-refractivity contribution in [3.05, 3.63) is 34.9 Å². The van der Waals surface area contributed by atoms with Gasteiger partial charge in [-0.1, -0.05) is 23.7 Å². The minimum absolute atomic E-state index is 0.0379. The van der Waals surface area contributed by atoms with Gasteiger partial charge in [0.1, 0.15) is 0 Å². The van der Waals surface area contributed by atoms with E-state index < -0.39 is 0 Å². The lowest BCUT2D eigenvalue weighted by Crippen LogP contribution is -1.97. The predicted molar refractivity (Wildman–Crippen MR) is 50.6 cm³/mol. The van der Waals surface area contributed by atoms with E-state index in [1.54, 1.807) is 24.3 Å². The highest BCUT2D eigenvalue weighted by Gasteiger charge is 2.04. The Bertz CT molecular complexity index is 354. The lowest BCUT2D eigenvalue weighted by Gasteiger charge is -1.97. The number of hydrogen-bond acceptors (Lipinski definition) is 2. The number of nitriles is 1. The Kier molecular flexibility index (Phi) is 3.48. The smallest absolute Gasteiger partial charge is 0.163 e. The molecule has 0 radical (unpaired) electrons. The third-order valence-corrected chi connectivity index (χ3v) is 1.85. The van der Waals surface area contributed by atoms with Crippen molar-refractivity contribution < 1.29 is 4.79 Å². The number of hydrogen-bond donors (Lipinski definition) is 0. The number of nitrogens with zero attached hydrogens (tertiary/aromatic N) is 1. The first-order chi connectivity index (χ1) is 6.24. The molecule has 1 aromatic rings. The molecule has 0 saturated heterocycles. The summed E-state index contributed by atoms with van der Waals surface area (Å²) < 4.78 is 0. The largest absolute Gasteiger partial charge is 0.294 e. The Labute approximate surface area is 81.7 Å². The molecule has 0 saturated carbocycles. The van der Waals surface area contributed by atoms with Crippen LogP contribution in [-0.4, -0.2) is 5.78 Å². The van der Waals surface area contributed by atoms with Gasteiger partial charge in [0.2, 0.25) is 0 Å². The van der Waals surface area contributed by atoms with Crippen LogP contribution in [0.1, 0.15) is 23.2 Å². The fraction of sp³-hybridized carbons (Fsp3) is 0.200. The second kappa shape index (κ2) is 4.64. The fourth-order valence-electron chi connectivity index (χ4n) is 0.976. The molecular weight excluding hydrogens is 186 g/mol. The lowest BCUT2D eigenvalue weighted by atomic mass is 10.1. The monoisotopic (exact) mass is 193 g/mol. The van der Waals surface area contributed by atoms with E-state index >= 15 is 0 Å². The second-order valence-electron chi connectivity index (χ2n) is 2.59. The highest BCUT2D eigenvalue weighted by Crippen LogP contribution is 2.12. The third kappa shape index (κ3) is 2.89. The average molecular weight is 194 g/mol. The molecule has 0 amide bonds. The van der Waals surface area contributed by atoms with Crippen LogP contribution in [0.2, 0.25) is 5.02 Å². The summed E-state index contributed by atoms with van der Waals surface area (Å²) in [5.74, 6) is -0.0379. The van der Waals surface area contributed by atoms with E-state index in [2.05, 4.69) is 0 Å². The van der Waals surface area contributed by atoms with Crippen LogP contribution >= 0.6 is 11.6 Å². The normalized spacial score (nSPS) is 9.23. The summed E-state index contributed by atoms with van der Waals surface area (Å²) in [6.07, 6.45) is 0.516. The number of rotatable bonds is 3. The van der Waals surface area contributed by atoms with Crippen LogP contribution in [0.3, 0.4) is 0 Å². The van der Waals surface area contributed by atoms with Crippen molar-refractivity contribution in [2.24, 2.45) is 0 Å². The average Bonchev–Trinajstić information content (AvgIpc) is 2.14. The van der Waals surface area contributed by atoms with Crippen LogP contribution in [-0.2, 0) is 0 Å². The quantitative estimate of drug-likeness (QED) is 0.693. The van der Waals surface area contributed by atoms with E-state index in [0.29, 0.717) is 10.6 Å². The number of benzene rings is 1. The Balaban J connectivity index is 2.72. The maximum atomic E-state index is 11.3. The molecule has 0 unspecified atom stereocenters. The van der Waals surface area contributed by atoms with Gasteiger partial charge in [-0.15, -0.1) is 0 Å². The van der Waals surface area contributed by atoms with E-state index in [9.17, 15) is 4.79 Å². The summed E-state index contributed by atoms with van der Waals surface area (Å²) in [7, 11) is 0. The van der Waals surface area contributed by atoms with E-state index in [-0.39, 0.29) is 18.6 Å². The number of ketones is 1. The summed E-state index contributed by atoms with van der Waals surface area (Å²) in [4.78, 5) is 11.3. The first-order valence-electron chi connectivity index (χ1n) is 3.90. The molecule has 0 bridgehead atoms. The standard InChI is InChI=1S/C10H8ClNO/c11-9-4-1-3-8(7-9)10(13)5-2-6-12/h1,3-4,7H,2,5H2. The van der Waals surface area contributed by atoms with Gasteiger partial charge in [0, 0.05) is 23.4 Å². The van der Waals surface area contributed by atoms with Crippen LogP contribution in [0.25, 0.3) is 0 Å². The molecule has 0 atom stereocenters. The molecule has 13 heavy (non-hydrogen) atoms. The summed E-state index contributed by atoms with van der Waals surface area (Å²) in [5, 5.41) is 8.83. The topological polar surface area (TPSA) is 40.9 Å². The van der Waals surface area contributed by atoms with Crippen molar-refractivity contribution >= 4 is 17.4 Å². The van der Waals surface area contributed by atoms with Crippen LogP contribution < -0.4 is 0 Å². The number of Topliss-reactive ketones (excluding diaryl/α,β-unsaturated/α-hetero) is 1.